The molecule has 0 saturated carbocycles. The minimum absolute atomic E-state index is 0.0119. The molecule has 5 heteroatoms. The maximum Gasteiger partial charge on any atom is 0.253 e. The first kappa shape index (κ1) is 15.2. The second kappa shape index (κ2) is 6.89. The normalized spacial score (nSPS) is 11.8. The second-order valence-corrected chi connectivity index (χ2v) is 4.69. The number of carbonyl (C=O) groups excluding carboxylic acids is 2. The fourth-order valence-electron chi connectivity index (χ4n) is 1.66. The van der Waals surface area contributed by atoms with Crippen molar-refractivity contribution in [1.29, 1.82) is 0 Å². The van der Waals surface area contributed by atoms with Crippen LogP contribution in [0, 0.1) is 6.92 Å². The molecule has 0 fully saturated rings. The zero-order valence-electron chi connectivity index (χ0n) is 11.6. The van der Waals surface area contributed by atoms with Crippen LogP contribution >= 0.6 is 0 Å². The van der Waals surface area contributed by atoms with E-state index in [-0.39, 0.29) is 17.9 Å². The largest absolute Gasteiger partial charge is 0.355 e. The topological polar surface area (TPSA) is 84.2 Å². The minimum atomic E-state index is -0.216. The van der Waals surface area contributed by atoms with Crippen molar-refractivity contribution < 1.29 is 9.59 Å². The van der Waals surface area contributed by atoms with Crippen LogP contribution in [-0.2, 0) is 4.79 Å². The number of nitrogens with two attached hydrogens (primary N) is 1. The Hall–Kier alpha value is -1.88. The lowest BCUT2D eigenvalue weighted by molar-refractivity contribution is -0.116. The molecule has 0 bridgehead atoms. The van der Waals surface area contributed by atoms with Crippen molar-refractivity contribution in [2.75, 3.05) is 12.4 Å². The van der Waals surface area contributed by atoms with E-state index in [2.05, 4.69) is 10.6 Å². The minimum Gasteiger partial charge on any atom is -0.355 e. The van der Waals surface area contributed by atoms with Gasteiger partial charge < -0.3 is 16.4 Å². The molecule has 0 saturated heterocycles. The van der Waals surface area contributed by atoms with E-state index >= 15 is 0 Å². The molecule has 104 valence electrons. The predicted octanol–water partition coefficient (Wildman–Crippen LogP) is 1.42. The van der Waals surface area contributed by atoms with Crippen molar-refractivity contribution in [3.63, 3.8) is 0 Å². The Balaban J connectivity index is 2.82. The Morgan fingerprint density at radius 3 is 2.63 bits per heavy atom. The quantitative estimate of drug-likeness (QED) is 0.751. The summed E-state index contributed by atoms with van der Waals surface area (Å²) in [5.41, 5.74) is 7.57. The van der Waals surface area contributed by atoms with Gasteiger partial charge in [-0.25, -0.2) is 0 Å². The molecule has 0 aliphatic heterocycles. The maximum atomic E-state index is 11.8. The molecule has 0 aliphatic rings. The number of rotatable bonds is 5. The number of amides is 2. The van der Waals surface area contributed by atoms with Crippen LogP contribution in [0.2, 0.25) is 0 Å². The lowest BCUT2D eigenvalue weighted by Crippen LogP contribution is -2.23. The standard InChI is InChI=1S/C14H21N3O2/c1-9-4-6-12(11(8-9)14(19)16-3)17-13(18)7-5-10(2)15/h4,6,8,10H,5,7,15H2,1-3H3,(H,16,19)(H,17,18). The molecule has 19 heavy (non-hydrogen) atoms. The molecule has 2 amide bonds. The van der Waals surface area contributed by atoms with Crippen LogP contribution in [0.15, 0.2) is 18.2 Å². The number of hydrogen-bond acceptors (Lipinski definition) is 3. The average molecular weight is 263 g/mol. The van der Waals surface area contributed by atoms with Crippen molar-refractivity contribution >= 4 is 17.5 Å². The van der Waals surface area contributed by atoms with E-state index in [4.69, 9.17) is 5.73 Å². The summed E-state index contributed by atoms with van der Waals surface area (Å²) in [7, 11) is 1.56. The lowest BCUT2D eigenvalue weighted by Gasteiger charge is -2.11. The first-order valence-corrected chi connectivity index (χ1v) is 6.32. The Morgan fingerprint density at radius 1 is 1.37 bits per heavy atom. The molecule has 0 spiro atoms. The Bertz CT molecular complexity index is 470. The Kier molecular flexibility index (Phi) is 5.51. The Morgan fingerprint density at radius 2 is 2.05 bits per heavy atom. The van der Waals surface area contributed by atoms with E-state index in [1.54, 1.807) is 19.2 Å². The van der Waals surface area contributed by atoms with E-state index in [0.29, 0.717) is 24.1 Å². The maximum absolute atomic E-state index is 11.8. The summed E-state index contributed by atoms with van der Waals surface area (Å²) in [6.07, 6.45) is 0.964. The number of nitrogens with one attached hydrogen (secondary N) is 2. The van der Waals surface area contributed by atoms with Gasteiger partial charge in [0.2, 0.25) is 5.91 Å². The van der Waals surface area contributed by atoms with Crippen LogP contribution in [0.5, 0.6) is 0 Å². The van der Waals surface area contributed by atoms with Gasteiger partial charge in [-0.3, -0.25) is 9.59 Å². The van der Waals surface area contributed by atoms with Gasteiger partial charge in [-0.15, -0.1) is 0 Å². The van der Waals surface area contributed by atoms with Gasteiger partial charge in [0.1, 0.15) is 0 Å². The van der Waals surface area contributed by atoms with Crippen molar-refractivity contribution in [2.24, 2.45) is 5.73 Å². The zero-order valence-corrected chi connectivity index (χ0v) is 11.6. The van der Waals surface area contributed by atoms with Crippen LogP contribution in [0.4, 0.5) is 5.69 Å². The van der Waals surface area contributed by atoms with Crippen LogP contribution in [-0.4, -0.2) is 24.9 Å². The second-order valence-electron chi connectivity index (χ2n) is 4.69. The molecule has 1 rings (SSSR count). The molecule has 5 nitrogen and oxygen atoms in total. The molecule has 0 heterocycles. The molecule has 1 unspecified atom stereocenters. The molecular weight excluding hydrogens is 242 g/mol. The molecular formula is C14H21N3O2. The van der Waals surface area contributed by atoms with Gasteiger partial charge in [0, 0.05) is 19.5 Å². The van der Waals surface area contributed by atoms with Gasteiger partial charge in [0.05, 0.1) is 11.3 Å². The Labute approximate surface area is 113 Å². The van der Waals surface area contributed by atoms with Crippen LogP contribution in [0.1, 0.15) is 35.7 Å². The number of benzene rings is 1. The fourth-order valence-corrected chi connectivity index (χ4v) is 1.66. The zero-order chi connectivity index (χ0) is 14.4. The van der Waals surface area contributed by atoms with E-state index < -0.39 is 0 Å². The SMILES string of the molecule is CNC(=O)c1cc(C)ccc1NC(=O)CCC(C)N. The van der Waals surface area contributed by atoms with Crippen LogP contribution < -0.4 is 16.4 Å². The summed E-state index contributed by atoms with van der Waals surface area (Å²) in [6, 6.07) is 5.33. The highest BCUT2D eigenvalue weighted by atomic mass is 16.2. The van der Waals surface area contributed by atoms with Gasteiger partial charge in [-0.1, -0.05) is 11.6 Å². The smallest absolute Gasteiger partial charge is 0.253 e. The third kappa shape index (κ3) is 4.71. The summed E-state index contributed by atoms with van der Waals surface area (Å²) in [6.45, 7) is 3.75. The number of aryl methyl sites for hydroxylation is 1. The van der Waals surface area contributed by atoms with E-state index in [1.807, 2.05) is 19.9 Å². The number of hydrogen-bond donors (Lipinski definition) is 3. The summed E-state index contributed by atoms with van der Waals surface area (Å²) >= 11 is 0. The van der Waals surface area contributed by atoms with E-state index in [0.717, 1.165) is 5.56 Å². The highest BCUT2D eigenvalue weighted by molar-refractivity contribution is 6.03. The van der Waals surface area contributed by atoms with Crippen LogP contribution in [0.25, 0.3) is 0 Å². The first-order valence-electron chi connectivity index (χ1n) is 6.32. The third-order valence-corrected chi connectivity index (χ3v) is 2.75. The highest BCUT2D eigenvalue weighted by Crippen LogP contribution is 2.17. The van der Waals surface area contributed by atoms with Crippen molar-refractivity contribution in [2.45, 2.75) is 32.7 Å². The van der Waals surface area contributed by atoms with Gasteiger partial charge >= 0.3 is 0 Å². The molecule has 0 radical (unpaired) electrons. The average Bonchev–Trinajstić information content (AvgIpc) is 2.37. The van der Waals surface area contributed by atoms with Gasteiger partial charge in [0.15, 0.2) is 0 Å². The van der Waals surface area contributed by atoms with Gasteiger partial charge in [-0.2, -0.15) is 0 Å². The number of carbonyl (C=O) groups is 2. The molecule has 0 aliphatic carbocycles. The monoisotopic (exact) mass is 263 g/mol. The molecule has 4 N–H and O–H groups in total. The molecule has 0 aromatic heterocycles. The molecule has 1 atom stereocenters. The summed E-state index contributed by atoms with van der Waals surface area (Å²) in [5.74, 6) is -0.350. The number of anilines is 1. The van der Waals surface area contributed by atoms with Gasteiger partial charge in [0.25, 0.3) is 5.91 Å². The van der Waals surface area contributed by atoms with E-state index in [9.17, 15) is 9.59 Å². The third-order valence-electron chi connectivity index (χ3n) is 2.75. The fraction of sp³-hybridized carbons (Fsp3) is 0.429. The van der Waals surface area contributed by atoms with Crippen LogP contribution in [0.3, 0.4) is 0 Å². The van der Waals surface area contributed by atoms with Gasteiger partial charge in [-0.05, 0) is 32.4 Å². The highest BCUT2D eigenvalue weighted by Gasteiger charge is 2.12. The van der Waals surface area contributed by atoms with E-state index in [1.165, 1.54) is 0 Å². The van der Waals surface area contributed by atoms with Crippen molar-refractivity contribution in [3.05, 3.63) is 29.3 Å². The molecule has 1 aromatic carbocycles. The summed E-state index contributed by atoms with van der Waals surface area (Å²) < 4.78 is 0. The van der Waals surface area contributed by atoms with Crippen molar-refractivity contribution in [1.82, 2.24) is 5.32 Å². The predicted molar refractivity (Wildman–Crippen MR) is 76.1 cm³/mol. The lowest BCUT2D eigenvalue weighted by atomic mass is 10.1. The van der Waals surface area contributed by atoms with Crippen molar-refractivity contribution in [3.8, 4) is 0 Å². The molecule has 1 aromatic rings. The summed E-state index contributed by atoms with van der Waals surface area (Å²) in [4.78, 5) is 23.5. The first-order chi connectivity index (χ1) is 8.93. The summed E-state index contributed by atoms with van der Waals surface area (Å²) in [5, 5.41) is 5.32.